The van der Waals surface area contributed by atoms with Crippen LogP contribution in [0.25, 0.3) is 0 Å². The highest BCUT2D eigenvalue weighted by Gasteiger charge is 2.16. The van der Waals surface area contributed by atoms with Crippen LogP contribution in [0.2, 0.25) is 0 Å². The number of benzene rings is 2. The van der Waals surface area contributed by atoms with Crippen molar-refractivity contribution in [1.82, 2.24) is 10.6 Å². The lowest BCUT2D eigenvalue weighted by Crippen LogP contribution is -2.35. The number of thiocarbonyl (C=S) groups is 1. The molecule has 0 spiro atoms. The van der Waals surface area contributed by atoms with Gasteiger partial charge in [0, 0.05) is 24.4 Å². The first-order chi connectivity index (χ1) is 13.6. The van der Waals surface area contributed by atoms with E-state index in [0.717, 1.165) is 25.0 Å². The van der Waals surface area contributed by atoms with Gasteiger partial charge in [0.05, 0.1) is 12.5 Å². The quantitative estimate of drug-likeness (QED) is 0.653. The molecule has 0 radical (unpaired) electrons. The number of anilines is 1. The molecule has 6 nitrogen and oxygen atoms in total. The summed E-state index contributed by atoms with van der Waals surface area (Å²) in [6.07, 6.45) is 2.40. The van der Waals surface area contributed by atoms with Crippen LogP contribution in [-0.4, -0.2) is 36.2 Å². The standard InChI is InChI=1S/C21H23N3O3S/c25-19(13-15-5-2-1-3-6-15)24-21(28)23-17-10-8-16(9-11-17)20(26)22-14-18-7-4-12-27-18/h1-3,5-6,8-11,18H,4,7,12-14H2,(H,22,26)(H2,23,24,25,28). The van der Waals surface area contributed by atoms with Gasteiger partial charge in [0.15, 0.2) is 5.11 Å². The van der Waals surface area contributed by atoms with Crippen molar-refractivity contribution >= 4 is 34.8 Å². The third-order valence-corrected chi connectivity index (χ3v) is 4.58. The molecule has 28 heavy (non-hydrogen) atoms. The van der Waals surface area contributed by atoms with Gasteiger partial charge in [-0.1, -0.05) is 30.3 Å². The molecule has 7 heteroatoms. The Morgan fingerprint density at radius 3 is 2.50 bits per heavy atom. The number of ether oxygens (including phenoxy) is 1. The molecule has 0 bridgehead atoms. The van der Waals surface area contributed by atoms with Crippen molar-refractivity contribution in [3.05, 3.63) is 65.7 Å². The normalized spacial score (nSPS) is 15.6. The van der Waals surface area contributed by atoms with Crippen LogP contribution in [0.1, 0.15) is 28.8 Å². The topological polar surface area (TPSA) is 79.5 Å². The van der Waals surface area contributed by atoms with Gasteiger partial charge in [-0.05, 0) is 54.9 Å². The Morgan fingerprint density at radius 2 is 1.82 bits per heavy atom. The van der Waals surface area contributed by atoms with Crippen molar-refractivity contribution < 1.29 is 14.3 Å². The van der Waals surface area contributed by atoms with E-state index in [2.05, 4.69) is 16.0 Å². The molecular formula is C21H23N3O3S. The minimum absolute atomic E-state index is 0.113. The zero-order chi connectivity index (χ0) is 19.8. The van der Waals surface area contributed by atoms with Crippen LogP contribution in [0.5, 0.6) is 0 Å². The summed E-state index contributed by atoms with van der Waals surface area (Å²) in [6.45, 7) is 1.29. The average molecular weight is 398 g/mol. The maximum Gasteiger partial charge on any atom is 0.251 e. The van der Waals surface area contributed by atoms with Gasteiger partial charge in [-0.2, -0.15) is 0 Å². The number of carbonyl (C=O) groups is 2. The molecule has 1 atom stereocenters. The summed E-state index contributed by atoms with van der Waals surface area (Å²) in [4.78, 5) is 24.2. The second-order valence-corrected chi connectivity index (χ2v) is 7.00. The molecule has 2 amide bonds. The summed E-state index contributed by atoms with van der Waals surface area (Å²) in [5.74, 6) is -0.324. The third-order valence-electron chi connectivity index (χ3n) is 4.38. The molecule has 2 aromatic rings. The summed E-state index contributed by atoms with van der Waals surface area (Å²) in [7, 11) is 0. The van der Waals surface area contributed by atoms with E-state index in [1.165, 1.54) is 0 Å². The molecule has 1 fully saturated rings. The summed E-state index contributed by atoms with van der Waals surface area (Å²) in [6, 6.07) is 16.4. The van der Waals surface area contributed by atoms with E-state index in [1.54, 1.807) is 24.3 Å². The largest absolute Gasteiger partial charge is 0.376 e. The van der Waals surface area contributed by atoms with Crippen molar-refractivity contribution in [3.63, 3.8) is 0 Å². The number of nitrogens with one attached hydrogen (secondary N) is 3. The Labute approximate surface area is 169 Å². The molecular weight excluding hydrogens is 374 g/mol. The fourth-order valence-corrected chi connectivity index (χ4v) is 3.16. The van der Waals surface area contributed by atoms with Crippen LogP contribution in [-0.2, 0) is 16.0 Å². The van der Waals surface area contributed by atoms with Gasteiger partial charge in [0.1, 0.15) is 0 Å². The summed E-state index contributed by atoms with van der Waals surface area (Å²) < 4.78 is 5.50. The highest BCUT2D eigenvalue weighted by Crippen LogP contribution is 2.12. The molecule has 0 aliphatic carbocycles. The minimum atomic E-state index is -0.186. The molecule has 1 saturated heterocycles. The predicted molar refractivity (Wildman–Crippen MR) is 112 cm³/mol. The lowest BCUT2D eigenvalue weighted by molar-refractivity contribution is -0.119. The van der Waals surface area contributed by atoms with Crippen molar-refractivity contribution in [1.29, 1.82) is 0 Å². The first-order valence-electron chi connectivity index (χ1n) is 9.25. The average Bonchev–Trinajstić information content (AvgIpc) is 3.21. The highest BCUT2D eigenvalue weighted by molar-refractivity contribution is 7.80. The summed E-state index contributed by atoms with van der Waals surface area (Å²) >= 11 is 5.18. The molecule has 0 saturated carbocycles. The van der Waals surface area contributed by atoms with E-state index in [9.17, 15) is 9.59 Å². The monoisotopic (exact) mass is 397 g/mol. The van der Waals surface area contributed by atoms with E-state index >= 15 is 0 Å². The van der Waals surface area contributed by atoms with Crippen LogP contribution in [0.4, 0.5) is 5.69 Å². The molecule has 1 unspecified atom stereocenters. The van der Waals surface area contributed by atoms with Crippen molar-refractivity contribution in [2.45, 2.75) is 25.4 Å². The molecule has 1 aliphatic heterocycles. The number of rotatable bonds is 6. The number of hydrogen-bond donors (Lipinski definition) is 3. The van der Waals surface area contributed by atoms with Crippen LogP contribution in [0.15, 0.2) is 54.6 Å². The van der Waals surface area contributed by atoms with Crippen LogP contribution < -0.4 is 16.0 Å². The van der Waals surface area contributed by atoms with Gasteiger partial charge < -0.3 is 20.7 Å². The van der Waals surface area contributed by atoms with E-state index < -0.39 is 0 Å². The highest BCUT2D eigenvalue weighted by atomic mass is 32.1. The van der Waals surface area contributed by atoms with Gasteiger partial charge in [-0.3, -0.25) is 9.59 Å². The van der Waals surface area contributed by atoms with Gasteiger partial charge in [-0.15, -0.1) is 0 Å². The Balaban J connectivity index is 1.44. The molecule has 1 aliphatic rings. The van der Waals surface area contributed by atoms with Crippen molar-refractivity contribution in [2.24, 2.45) is 0 Å². The second kappa shape index (κ2) is 9.96. The lowest BCUT2D eigenvalue weighted by atomic mass is 10.1. The van der Waals surface area contributed by atoms with E-state index in [0.29, 0.717) is 17.8 Å². The summed E-state index contributed by atoms with van der Waals surface area (Å²) in [5, 5.41) is 8.71. The number of carbonyl (C=O) groups excluding carboxylic acids is 2. The van der Waals surface area contributed by atoms with Crippen LogP contribution >= 0.6 is 12.2 Å². The lowest BCUT2D eigenvalue weighted by Gasteiger charge is -2.12. The zero-order valence-electron chi connectivity index (χ0n) is 15.4. The van der Waals surface area contributed by atoms with Crippen molar-refractivity contribution in [2.75, 3.05) is 18.5 Å². The predicted octanol–water partition coefficient (Wildman–Crippen LogP) is 2.65. The van der Waals surface area contributed by atoms with E-state index in [1.807, 2.05) is 30.3 Å². The SMILES string of the molecule is O=C(Cc1ccccc1)NC(=S)Nc1ccc(C(=O)NCC2CCCO2)cc1. The van der Waals surface area contributed by atoms with Crippen molar-refractivity contribution in [3.8, 4) is 0 Å². The van der Waals surface area contributed by atoms with Gasteiger partial charge >= 0.3 is 0 Å². The first-order valence-corrected chi connectivity index (χ1v) is 9.65. The van der Waals surface area contributed by atoms with Crippen LogP contribution in [0.3, 0.4) is 0 Å². The summed E-state index contributed by atoms with van der Waals surface area (Å²) in [5.41, 5.74) is 2.17. The fraction of sp³-hybridized carbons (Fsp3) is 0.286. The Bertz CT molecular complexity index is 819. The van der Waals surface area contributed by atoms with Crippen LogP contribution in [0, 0.1) is 0 Å². The van der Waals surface area contributed by atoms with E-state index in [-0.39, 0.29) is 29.5 Å². The minimum Gasteiger partial charge on any atom is -0.376 e. The van der Waals surface area contributed by atoms with E-state index in [4.69, 9.17) is 17.0 Å². The third kappa shape index (κ3) is 6.14. The van der Waals surface area contributed by atoms with Gasteiger partial charge in [0.25, 0.3) is 5.91 Å². The number of hydrogen-bond acceptors (Lipinski definition) is 4. The maximum absolute atomic E-state index is 12.2. The molecule has 1 heterocycles. The molecule has 0 aromatic heterocycles. The molecule has 3 rings (SSSR count). The zero-order valence-corrected chi connectivity index (χ0v) is 16.3. The van der Waals surface area contributed by atoms with Gasteiger partial charge in [0.2, 0.25) is 5.91 Å². The Kier molecular flexibility index (Phi) is 7.11. The smallest absolute Gasteiger partial charge is 0.251 e. The number of amides is 2. The molecule has 146 valence electrons. The molecule has 2 aromatic carbocycles. The van der Waals surface area contributed by atoms with Gasteiger partial charge in [-0.25, -0.2) is 0 Å². The fourth-order valence-electron chi connectivity index (χ4n) is 2.93. The molecule has 3 N–H and O–H groups in total. The Hall–Kier alpha value is -2.77. The Morgan fingerprint density at radius 1 is 1.07 bits per heavy atom. The second-order valence-electron chi connectivity index (χ2n) is 6.59. The first kappa shape index (κ1) is 20.0. The maximum atomic E-state index is 12.2.